The third-order valence-electron chi connectivity index (χ3n) is 7.24. The van der Waals surface area contributed by atoms with Gasteiger partial charge in [0.1, 0.15) is 0 Å². The number of carboxylic acid groups (broad SMARTS) is 1. The molecular formula is C34H39NO4. The molecule has 5 heteroatoms. The summed E-state index contributed by atoms with van der Waals surface area (Å²) in [6.07, 6.45) is 0.582. The van der Waals surface area contributed by atoms with Crippen molar-refractivity contribution in [2.45, 2.75) is 58.3 Å². The fraction of sp³-hybridized carbons (Fsp3) is 0.324. The zero-order chi connectivity index (χ0) is 28.0. The topological polar surface area (TPSA) is 78.8 Å². The number of ether oxygens (including phenoxy) is 1. The minimum Gasteiger partial charge on any atom is -0.478 e. The Morgan fingerprint density at radius 2 is 1.67 bits per heavy atom. The summed E-state index contributed by atoms with van der Waals surface area (Å²) in [5, 5.41) is 26.2. The van der Waals surface area contributed by atoms with Crippen LogP contribution in [0.1, 0.15) is 60.8 Å². The minimum absolute atomic E-state index is 0.194. The van der Waals surface area contributed by atoms with E-state index in [-0.39, 0.29) is 18.2 Å². The molecule has 4 rings (SSSR count). The van der Waals surface area contributed by atoms with Crippen molar-refractivity contribution in [3.8, 4) is 11.1 Å². The van der Waals surface area contributed by atoms with Gasteiger partial charge in [-0.25, -0.2) is 4.79 Å². The van der Waals surface area contributed by atoms with Gasteiger partial charge < -0.3 is 20.3 Å². The number of carbonyl (C=O) groups is 1. The van der Waals surface area contributed by atoms with Crippen molar-refractivity contribution in [3.63, 3.8) is 0 Å². The van der Waals surface area contributed by atoms with Gasteiger partial charge in [-0.3, -0.25) is 0 Å². The average Bonchev–Trinajstić information content (AvgIpc) is 2.94. The number of fused-ring (bicyclic) bond motifs is 1. The van der Waals surface area contributed by atoms with Crippen molar-refractivity contribution >= 4 is 16.7 Å². The number of aryl methyl sites for hydroxylation is 1. The SMILES string of the molecule is CCc1cc(-c2ccccc2C(C)OCC(O)CNC(C)(C)Cc2ccc3ccccc3c2)ccc1C(=O)O. The predicted octanol–water partition coefficient (Wildman–Crippen LogP) is 6.82. The van der Waals surface area contributed by atoms with E-state index in [1.54, 1.807) is 6.07 Å². The van der Waals surface area contributed by atoms with E-state index in [0.717, 1.165) is 28.7 Å². The Labute approximate surface area is 231 Å². The molecule has 0 aromatic heterocycles. The molecule has 0 fully saturated rings. The Bertz CT molecular complexity index is 1430. The summed E-state index contributed by atoms with van der Waals surface area (Å²) in [5.74, 6) is -0.911. The van der Waals surface area contributed by atoms with Gasteiger partial charge in [-0.1, -0.05) is 85.8 Å². The van der Waals surface area contributed by atoms with Gasteiger partial charge >= 0.3 is 5.97 Å². The highest BCUT2D eigenvalue weighted by molar-refractivity contribution is 5.90. The van der Waals surface area contributed by atoms with E-state index >= 15 is 0 Å². The molecule has 2 atom stereocenters. The molecule has 0 bridgehead atoms. The maximum Gasteiger partial charge on any atom is 0.335 e. The summed E-state index contributed by atoms with van der Waals surface area (Å²) in [7, 11) is 0. The van der Waals surface area contributed by atoms with E-state index in [2.05, 4.69) is 61.6 Å². The number of rotatable bonds is 12. The lowest BCUT2D eigenvalue weighted by molar-refractivity contribution is -0.00397. The summed E-state index contributed by atoms with van der Waals surface area (Å²) in [4.78, 5) is 11.6. The van der Waals surface area contributed by atoms with Crippen molar-refractivity contribution < 1.29 is 19.7 Å². The molecule has 0 aliphatic heterocycles. The second-order valence-electron chi connectivity index (χ2n) is 10.9. The minimum atomic E-state index is -0.911. The van der Waals surface area contributed by atoms with Crippen LogP contribution in [0.2, 0.25) is 0 Å². The molecule has 0 aliphatic rings. The largest absolute Gasteiger partial charge is 0.478 e. The van der Waals surface area contributed by atoms with E-state index in [0.29, 0.717) is 18.5 Å². The molecule has 0 aliphatic carbocycles. The molecule has 3 N–H and O–H groups in total. The molecule has 0 saturated carbocycles. The zero-order valence-electron chi connectivity index (χ0n) is 23.3. The maximum atomic E-state index is 11.6. The fourth-order valence-corrected chi connectivity index (χ4v) is 5.10. The normalized spacial score (nSPS) is 13.4. The quantitative estimate of drug-likeness (QED) is 0.189. The number of β-amino-alcohol motifs (C(OH)–C–C–N with tert-alkyl or cyclic N) is 1. The highest BCUT2D eigenvalue weighted by Gasteiger charge is 2.21. The first-order valence-corrected chi connectivity index (χ1v) is 13.6. The Hall–Kier alpha value is -3.51. The van der Waals surface area contributed by atoms with Gasteiger partial charge in [-0.2, -0.15) is 0 Å². The molecule has 5 nitrogen and oxygen atoms in total. The molecule has 0 heterocycles. The fourth-order valence-electron chi connectivity index (χ4n) is 5.10. The van der Waals surface area contributed by atoms with Crippen LogP contribution in [-0.2, 0) is 17.6 Å². The van der Waals surface area contributed by atoms with Crippen LogP contribution >= 0.6 is 0 Å². The highest BCUT2D eigenvalue weighted by Crippen LogP contribution is 2.31. The zero-order valence-corrected chi connectivity index (χ0v) is 23.3. The third-order valence-corrected chi connectivity index (χ3v) is 7.24. The Balaban J connectivity index is 1.35. The van der Waals surface area contributed by atoms with E-state index in [4.69, 9.17) is 4.74 Å². The first-order valence-electron chi connectivity index (χ1n) is 13.6. The average molecular weight is 526 g/mol. The van der Waals surface area contributed by atoms with Crippen molar-refractivity contribution in [2.75, 3.05) is 13.2 Å². The first kappa shape index (κ1) is 28.5. The number of hydrogen-bond donors (Lipinski definition) is 3. The van der Waals surface area contributed by atoms with Gasteiger partial charge in [-0.05, 0) is 78.3 Å². The molecule has 4 aromatic rings. The standard InChI is InChI=1S/C34H39NO4/c1-5-25-19-28(16-17-32(25)33(37)38)31-13-9-8-12-30(31)23(2)39-22-29(36)21-35-34(3,4)20-24-14-15-26-10-6-7-11-27(26)18-24/h6-19,23,29,35-36H,5,20-22H2,1-4H3,(H,37,38). The Morgan fingerprint density at radius 3 is 2.41 bits per heavy atom. The number of aliphatic hydroxyl groups is 1. The number of carboxylic acids is 1. The van der Waals surface area contributed by atoms with Crippen molar-refractivity contribution in [1.82, 2.24) is 5.32 Å². The molecule has 4 aromatic carbocycles. The summed E-state index contributed by atoms with van der Waals surface area (Å²) in [5.41, 5.74) is 5.16. The third kappa shape index (κ3) is 7.33. The number of aliphatic hydroxyl groups excluding tert-OH is 1. The van der Waals surface area contributed by atoms with Crippen LogP contribution < -0.4 is 5.32 Å². The summed E-state index contributed by atoms with van der Waals surface area (Å²) < 4.78 is 6.12. The molecule has 0 saturated heterocycles. The summed E-state index contributed by atoms with van der Waals surface area (Å²) in [6, 6.07) is 28.4. The van der Waals surface area contributed by atoms with Gasteiger partial charge in [0.15, 0.2) is 0 Å². The lowest BCUT2D eigenvalue weighted by Crippen LogP contribution is -2.46. The molecular weight excluding hydrogens is 486 g/mol. The molecule has 0 spiro atoms. The predicted molar refractivity (Wildman–Crippen MR) is 158 cm³/mol. The smallest absolute Gasteiger partial charge is 0.335 e. The van der Waals surface area contributed by atoms with E-state index in [9.17, 15) is 15.0 Å². The Morgan fingerprint density at radius 1 is 0.949 bits per heavy atom. The van der Waals surface area contributed by atoms with Gasteiger partial charge in [0, 0.05) is 12.1 Å². The maximum absolute atomic E-state index is 11.6. The van der Waals surface area contributed by atoms with Crippen LogP contribution in [0.15, 0.2) is 84.9 Å². The van der Waals surface area contributed by atoms with E-state index < -0.39 is 12.1 Å². The monoisotopic (exact) mass is 525 g/mol. The number of hydrogen-bond acceptors (Lipinski definition) is 4. The van der Waals surface area contributed by atoms with E-state index in [1.807, 2.05) is 50.2 Å². The second-order valence-corrected chi connectivity index (χ2v) is 10.9. The molecule has 39 heavy (non-hydrogen) atoms. The molecule has 2 unspecified atom stereocenters. The van der Waals surface area contributed by atoms with E-state index in [1.165, 1.54) is 16.3 Å². The summed E-state index contributed by atoms with van der Waals surface area (Å²) >= 11 is 0. The van der Waals surface area contributed by atoms with Crippen LogP contribution in [0.4, 0.5) is 0 Å². The van der Waals surface area contributed by atoms with Crippen LogP contribution in [-0.4, -0.2) is 41.0 Å². The van der Waals surface area contributed by atoms with Gasteiger partial charge in [0.05, 0.1) is 24.4 Å². The van der Waals surface area contributed by atoms with Crippen molar-refractivity contribution in [1.29, 1.82) is 0 Å². The Kier molecular flexibility index (Phi) is 9.18. The molecule has 0 radical (unpaired) electrons. The van der Waals surface area contributed by atoms with Gasteiger partial charge in [0.25, 0.3) is 0 Å². The van der Waals surface area contributed by atoms with Crippen LogP contribution in [0.5, 0.6) is 0 Å². The number of benzene rings is 4. The number of aromatic carboxylic acids is 1. The molecule has 0 amide bonds. The highest BCUT2D eigenvalue weighted by atomic mass is 16.5. The van der Waals surface area contributed by atoms with Crippen molar-refractivity contribution in [3.05, 3.63) is 107 Å². The van der Waals surface area contributed by atoms with Crippen LogP contribution in [0.3, 0.4) is 0 Å². The first-order chi connectivity index (χ1) is 18.7. The molecule has 204 valence electrons. The van der Waals surface area contributed by atoms with Crippen LogP contribution in [0.25, 0.3) is 21.9 Å². The van der Waals surface area contributed by atoms with Crippen LogP contribution in [0, 0.1) is 0 Å². The lowest BCUT2D eigenvalue weighted by Gasteiger charge is -2.28. The number of nitrogens with one attached hydrogen (secondary N) is 1. The van der Waals surface area contributed by atoms with Crippen molar-refractivity contribution in [2.24, 2.45) is 0 Å². The lowest BCUT2D eigenvalue weighted by atomic mass is 9.93. The van der Waals surface area contributed by atoms with Gasteiger partial charge in [0.2, 0.25) is 0 Å². The summed E-state index contributed by atoms with van der Waals surface area (Å²) in [6.45, 7) is 8.86. The second kappa shape index (κ2) is 12.6. The van der Waals surface area contributed by atoms with Gasteiger partial charge in [-0.15, -0.1) is 0 Å².